The molecule has 1 saturated heterocycles. The smallest absolute Gasteiger partial charge is 0.340 e. The van der Waals surface area contributed by atoms with Crippen LogP contribution in [0.25, 0.3) is 0 Å². The summed E-state index contributed by atoms with van der Waals surface area (Å²) in [4.78, 5) is 111. The lowest BCUT2D eigenvalue weighted by Gasteiger charge is -2.67. The first-order valence-corrected chi connectivity index (χ1v) is 18.3. The summed E-state index contributed by atoms with van der Waals surface area (Å²) in [5.41, 5.74) is -13.3. The van der Waals surface area contributed by atoms with Crippen LogP contribution in [-0.4, -0.2) is 135 Å². The number of rotatable bonds is 7. The number of aliphatic hydroxyl groups is 2. The standard InChI is InChI=1S/C38H47NO19/c1-16-23-11-12-39-13-24(23)32(46)51-14-34(8)25-26(52-18(3)41)30(55-21(6)44)37(15-50-17(2)40)31(56-22(7)45)27(53-19(4)42)29(57-33(47)35(16,9)48)36(10,49)38(37,58-34)28(25)54-20(5)43/h11-13,16,25-31,48-49H,14-15H2,1-10H3/t16-,25-,26+,27+,28+,29-,30-,31+,34+,35+,36-,37-,38+/m1/s1. The first kappa shape index (κ1) is 43.9. The predicted octanol–water partition coefficient (Wildman–Crippen LogP) is 0.148. The van der Waals surface area contributed by atoms with Crippen molar-refractivity contribution in [1.82, 2.24) is 4.98 Å². The largest absolute Gasteiger partial charge is 0.465 e. The molecule has 2 N–H and O–H groups in total. The van der Waals surface area contributed by atoms with Gasteiger partial charge in [-0.15, -0.1) is 0 Å². The molecule has 3 heterocycles. The van der Waals surface area contributed by atoms with Crippen LogP contribution < -0.4 is 0 Å². The van der Waals surface area contributed by atoms with Gasteiger partial charge in [0, 0.05) is 59.9 Å². The van der Waals surface area contributed by atoms with Gasteiger partial charge in [0.15, 0.2) is 35.6 Å². The monoisotopic (exact) mass is 821 g/mol. The van der Waals surface area contributed by atoms with E-state index in [2.05, 4.69) is 4.98 Å². The maximum atomic E-state index is 14.4. The van der Waals surface area contributed by atoms with Gasteiger partial charge < -0.3 is 52.8 Å². The molecule has 0 aromatic carbocycles. The zero-order chi connectivity index (χ0) is 43.5. The van der Waals surface area contributed by atoms with E-state index in [1.165, 1.54) is 26.1 Å². The van der Waals surface area contributed by atoms with Crippen LogP contribution >= 0.6 is 0 Å². The summed E-state index contributed by atoms with van der Waals surface area (Å²) >= 11 is 0. The second-order valence-electron chi connectivity index (χ2n) is 15.6. The van der Waals surface area contributed by atoms with Crippen LogP contribution in [0.1, 0.15) is 91.1 Å². The van der Waals surface area contributed by atoms with Crippen molar-refractivity contribution in [2.24, 2.45) is 11.3 Å². The van der Waals surface area contributed by atoms with E-state index in [1.54, 1.807) is 0 Å². The first-order chi connectivity index (χ1) is 26.8. The number of cyclic esters (lactones) is 1. The average Bonchev–Trinajstić information content (AvgIpc) is 3.32. The van der Waals surface area contributed by atoms with Gasteiger partial charge in [-0.1, -0.05) is 6.92 Å². The van der Waals surface area contributed by atoms with E-state index in [9.17, 15) is 48.6 Å². The van der Waals surface area contributed by atoms with E-state index < -0.39 is 137 Å². The van der Waals surface area contributed by atoms with Gasteiger partial charge in [-0.05, 0) is 32.4 Å². The molecular formula is C38H47NO19. The van der Waals surface area contributed by atoms with Crippen LogP contribution in [0.5, 0.6) is 0 Å². The van der Waals surface area contributed by atoms with Crippen molar-refractivity contribution in [3.8, 4) is 0 Å². The third-order valence-corrected chi connectivity index (χ3v) is 11.6. The third kappa shape index (κ3) is 6.83. The van der Waals surface area contributed by atoms with Crippen LogP contribution in [0, 0.1) is 11.3 Å². The van der Waals surface area contributed by atoms with Crippen molar-refractivity contribution < 1.29 is 91.2 Å². The Labute approximate surface area is 332 Å². The molecule has 0 radical (unpaired) electrons. The third-order valence-electron chi connectivity index (χ3n) is 11.6. The summed E-state index contributed by atoms with van der Waals surface area (Å²) in [5.74, 6) is -11.8. The van der Waals surface area contributed by atoms with Gasteiger partial charge in [0.2, 0.25) is 0 Å². The number of esters is 8. The molecule has 58 heavy (non-hydrogen) atoms. The summed E-state index contributed by atoms with van der Waals surface area (Å²) in [5, 5.41) is 25.3. The SMILES string of the molecule is CC(=O)OC[C@]12[C@H](OC(C)=O)[C@@H](OC(C)=O)[C@@H]3[C@H](OC(C)=O)[C@@]14O[C@@]3(C)COC(=O)c1cnccc1[C@@H](C)[C@](C)(O)C(=O)O[C@H]([C@H](OC(C)=O)[C@@H]2OC(C)=O)[C@@]4(C)O. The molecule has 0 unspecified atom stereocenters. The predicted molar refractivity (Wildman–Crippen MR) is 187 cm³/mol. The highest BCUT2D eigenvalue weighted by molar-refractivity contribution is 5.92. The summed E-state index contributed by atoms with van der Waals surface area (Å²) < 4.78 is 53.9. The Morgan fingerprint density at radius 2 is 1.29 bits per heavy atom. The molecule has 20 heteroatoms. The minimum absolute atomic E-state index is 0.0577. The highest BCUT2D eigenvalue weighted by Crippen LogP contribution is 2.70. The second-order valence-corrected chi connectivity index (χ2v) is 15.6. The number of hydrogen-bond donors (Lipinski definition) is 2. The lowest BCUT2D eigenvalue weighted by atomic mass is 9.45. The lowest BCUT2D eigenvalue weighted by Crippen LogP contribution is -2.89. The molecule has 1 aromatic heterocycles. The Balaban J connectivity index is 2.03. The highest BCUT2D eigenvalue weighted by Gasteiger charge is 2.92. The van der Waals surface area contributed by atoms with E-state index in [0.717, 1.165) is 61.6 Å². The zero-order valence-electron chi connectivity index (χ0n) is 33.5. The number of fused-ring (bicyclic) bond motifs is 5. The van der Waals surface area contributed by atoms with Crippen LogP contribution in [0.3, 0.4) is 0 Å². The van der Waals surface area contributed by atoms with Gasteiger partial charge >= 0.3 is 47.8 Å². The highest BCUT2D eigenvalue weighted by atomic mass is 16.7. The number of carbonyl (C=O) groups excluding carboxylic acids is 8. The molecule has 318 valence electrons. The molecular weight excluding hydrogens is 774 g/mol. The van der Waals surface area contributed by atoms with E-state index >= 15 is 0 Å². The van der Waals surface area contributed by atoms with Gasteiger partial charge in [0.1, 0.15) is 42.0 Å². The minimum atomic E-state index is -2.94. The number of ether oxygens (including phenoxy) is 9. The number of carbonyl (C=O) groups is 8. The van der Waals surface area contributed by atoms with Crippen molar-refractivity contribution in [1.29, 1.82) is 0 Å². The molecule has 13 atom stereocenters. The Morgan fingerprint density at radius 1 is 0.776 bits per heavy atom. The van der Waals surface area contributed by atoms with Crippen molar-refractivity contribution in [3.05, 3.63) is 29.6 Å². The molecule has 4 bridgehead atoms. The lowest BCUT2D eigenvalue weighted by molar-refractivity contribution is -0.387. The van der Waals surface area contributed by atoms with Gasteiger partial charge in [0.25, 0.3) is 0 Å². The van der Waals surface area contributed by atoms with Crippen molar-refractivity contribution in [3.63, 3.8) is 0 Å². The number of aromatic nitrogens is 1. The van der Waals surface area contributed by atoms with Crippen LogP contribution in [0.2, 0.25) is 0 Å². The topological polar surface area (TPSA) is 273 Å². The van der Waals surface area contributed by atoms with Crippen molar-refractivity contribution >= 4 is 47.8 Å². The number of hydrogen-bond acceptors (Lipinski definition) is 20. The normalized spacial score (nSPS) is 39.0. The van der Waals surface area contributed by atoms with Gasteiger partial charge in [-0.2, -0.15) is 0 Å². The van der Waals surface area contributed by atoms with E-state index in [4.69, 9.17) is 42.6 Å². The quantitative estimate of drug-likeness (QED) is 0.274. The number of pyridine rings is 1. The Hall–Kier alpha value is -5.21. The van der Waals surface area contributed by atoms with Crippen molar-refractivity contribution in [2.75, 3.05) is 13.2 Å². The Bertz CT molecular complexity index is 1910. The summed E-state index contributed by atoms with van der Waals surface area (Å²) in [6, 6.07) is 1.35. The second kappa shape index (κ2) is 15.2. The fourth-order valence-corrected chi connectivity index (χ4v) is 9.29. The summed E-state index contributed by atoms with van der Waals surface area (Å²) in [6.45, 7) is 8.63. The van der Waals surface area contributed by atoms with Crippen molar-refractivity contribution in [2.45, 2.75) is 134 Å². The van der Waals surface area contributed by atoms with Crippen LogP contribution in [0.4, 0.5) is 0 Å². The maximum Gasteiger partial charge on any atom is 0.340 e. The van der Waals surface area contributed by atoms with E-state index in [0.29, 0.717) is 0 Å². The number of nitrogens with zero attached hydrogens (tertiary/aromatic N) is 1. The zero-order valence-corrected chi connectivity index (χ0v) is 33.5. The Kier molecular flexibility index (Phi) is 11.5. The summed E-state index contributed by atoms with van der Waals surface area (Å²) in [6.07, 6.45) is -10.1. The Morgan fingerprint density at radius 3 is 1.83 bits per heavy atom. The average molecular weight is 822 g/mol. The molecule has 0 amide bonds. The molecule has 1 aromatic rings. The fraction of sp³-hybridized carbons (Fsp3) is 0.658. The first-order valence-electron chi connectivity index (χ1n) is 18.3. The van der Waals surface area contributed by atoms with Crippen LogP contribution in [0.15, 0.2) is 18.5 Å². The molecule has 5 rings (SSSR count). The van der Waals surface area contributed by atoms with Gasteiger partial charge in [-0.25, -0.2) is 9.59 Å². The molecule has 2 aliphatic heterocycles. The van der Waals surface area contributed by atoms with E-state index in [1.807, 2.05) is 0 Å². The molecule has 2 saturated carbocycles. The maximum absolute atomic E-state index is 14.4. The summed E-state index contributed by atoms with van der Waals surface area (Å²) in [7, 11) is 0. The van der Waals surface area contributed by atoms with Gasteiger partial charge in [-0.3, -0.25) is 33.8 Å². The molecule has 20 nitrogen and oxygen atoms in total. The molecule has 3 fully saturated rings. The molecule has 2 aliphatic carbocycles. The fourth-order valence-electron chi connectivity index (χ4n) is 9.29. The van der Waals surface area contributed by atoms with Gasteiger partial charge in [0.05, 0.1) is 11.5 Å². The van der Waals surface area contributed by atoms with Crippen LogP contribution in [-0.2, 0) is 76.2 Å². The molecule has 1 spiro atoms. The van der Waals surface area contributed by atoms with E-state index in [-0.39, 0.29) is 11.1 Å². The molecule has 4 aliphatic rings. The minimum Gasteiger partial charge on any atom is -0.465 e.